The van der Waals surface area contributed by atoms with Crippen molar-refractivity contribution < 1.29 is 9.90 Å². The zero-order valence-electron chi connectivity index (χ0n) is 7.71. The lowest BCUT2D eigenvalue weighted by atomic mass is 10.2. The first-order chi connectivity index (χ1) is 7.25. The summed E-state index contributed by atoms with van der Waals surface area (Å²) in [5.41, 5.74) is 1.28. The molecule has 0 aliphatic heterocycles. The Bertz CT molecular complexity index is 449. The summed E-state index contributed by atoms with van der Waals surface area (Å²) in [4.78, 5) is 18.5. The zero-order valence-corrected chi connectivity index (χ0v) is 7.71. The molecule has 2 aromatic heterocycles. The van der Waals surface area contributed by atoms with Gasteiger partial charge in [-0.15, -0.1) is 0 Å². The van der Waals surface area contributed by atoms with Crippen molar-refractivity contribution in [3.63, 3.8) is 0 Å². The summed E-state index contributed by atoms with van der Waals surface area (Å²) in [6, 6.07) is 1.74. The van der Waals surface area contributed by atoms with E-state index in [-0.39, 0.29) is 6.42 Å². The van der Waals surface area contributed by atoms with E-state index < -0.39 is 5.97 Å². The average Bonchev–Trinajstić information content (AvgIpc) is 2.71. The molecule has 0 spiro atoms. The number of carboxylic acids is 1. The Morgan fingerprint density at radius 2 is 2.13 bits per heavy atom. The van der Waals surface area contributed by atoms with Crippen molar-refractivity contribution in [1.29, 1.82) is 0 Å². The van der Waals surface area contributed by atoms with E-state index in [1.165, 1.54) is 12.4 Å². The molecule has 2 heterocycles. The van der Waals surface area contributed by atoms with Crippen LogP contribution in [0.2, 0.25) is 0 Å². The fourth-order valence-electron chi connectivity index (χ4n) is 1.14. The third-order valence-electron chi connectivity index (χ3n) is 1.80. The summed E-state index contributed by atoms with van der Waals surface area (Å²) in [6.45, 7) is 0. The Morgan fingerprint density at radius 3 is 2.67 bits per heavy atom. The molecule has 6 nitrogen and oxygen atoms in total. The Labute approximate surface area is 85.0 Å². The summed E-state index contributed by atoms with van der Waals surface area (Å²) < 4.78 is 0. The molecule has 0 fully saturated rings. The first-order valence-corrected chi connectivity index (χ1v) is 4.28. The lowest BCUT2D eigenvalue weighted by Gasteiger charge is -1.97. The van der Waals surface area contributed by atoms with E-state index in [0.29, 0.717) is 17.1 Å². The topological polar surface area (TPSA) is 91.8 Å². The molecule has 0 atom stereocenters. The number of rotatable bonds is 3. The third kappa shape index (κ3) is 2.16. The molecule has 15 heavy (non-hydrogen) atoms. The van der Waals surface area contributed by atoms with Crippen LogP contribution >= 0.6 is 0 Å². The second-order valence-electron chi connectivity index (χ2n) is 2.96. The first-order valence-electron chi connectivity index (χ1n) is 4.28. The maximum atomic E-state index is 10.4. The molecule has 2 rings (SSSR count). The highest BCUT2D eigenvalue weighted by Gasteiger charge is 2.04. The number of hydrogen-bond acceptors (Lipinski definition) is 4. The molecule has 2 N–H and O–H groups in total. The van der Waals surface area contributed by atoms with Crippen molar-refractivity contribution >= 4 is 5.97 Å². The molecule has 0 aliphatic carbocycles. The normalized spacial score (nSPS) is 10.1. The van der Waals surface area contributed by atoms with E-state index in [0.717, 1.165) is 0 Å². The van der Waals surface area contributed by atoms with Crippen LogP contribution in [0.4, 0.5) is 0 Å². The largest absolute Gasteiger partial charge is 0.481 e. The number of aromatic nitrogens is 4. The van der Waals surface area contributed by atoms with Crippen LogP contribution in [0.25, 0.3) is 11.5 Å². The van der Waals surface area contributed by atoms with Crippen LogP contribution in [-0.4, -0.2) is 31.2 Å². The zero-order chi connectivity index (χ0) is 10.7. The Hall–Kier alpha value is -2.24. The molecule has 2 aromatic rings. The van der Waals surface area contributed by atoms with Gasteiger partial charge in [0, 0.05) is 18.6 Å². The highest BCUT2D eigenvalue weighted by Crippen LogP contribution is 2.09. The van der Waals surface area contributed by atoms with Gasteiger partial charge >= 0.3 is 5.97 Å². The number of hydrogen-bond donors (Lipinski definition) is 2. The maximum absolute atomic E-state index is 10.4. The van der Waals surface area contributed by atoms with Gasteiger partial charge in [-0.2, -0.15) is 5.10 Å². The number of nitrogens with one attached hydrogen (secondary N) is 1. The monoisotopic (exact) mass is 204 g/mol. The molecule has 0 saturated heterocycles. The standard InChI is InChI=1S/C9H8N4O2/c14-8(15)3-6-4-10-9(11-5-6)7-1-2-12-13-7/h1-2,4-5H,3H2,(H,12,13)(H,14,15). The minimum Gasteiger partial charge on any atom is -0.481 e. The molecule has 0 saturated carbocycles. The molecule has 6 heteroatoms. The molecule has 0 radical (unpaired) electrons. The van der Waals surface area contributed by atoms with Crippen molar-refractivity contribution in [3.8, 4) is 11.5 Å². The van der Waals surface area contributed by atoms with Gasteiger partial charge in [0.1, 0.15) is 5.69 Å². The van der Waals surface area contributed by atoms with Crippen LogP contribution in [0.3, 0.4) is 0 Å². The Morgan fingerprint density at radius 1 is 1.40 bits per heavy atom. The average molecular weight is 204 g/mol. The SMILES string of the molecule is O=C(O)Cc1cnc(-c2ccn[nH]2)nc1. The first kappa shape index (κ1) is 9.32. The number of aliphatic carboxylic acids is 1. The summed E-state index contributed by atoms with van der Waals surface area (Å²) in [5.74, 6) is -0.394. The number of nitrogens with zero attached hydrogens (tertiary/aromatic N) is 3. The van der Waals surface area contributed by atoms with Crippen molar-refractivity contribution in [2.45, 2.75) is 6.42 Å². The van der Waals surface area contributed by atoms with E-state index >= 15 is 0 Å². The van der Waals surface area contributed by atoms with Crippen molar-refractivity contribution in [3.05, 3.63) is 30.2 Å². The molecular formula is C9H8N4O2. The highest BCUT2D eigenvalue weighted by molar-refractivity contribution is 5.69. The molecule has 0 aliphatic rings. The van der Waals surface area contributed by atoms with Gasteiger partial charge in [0.25, 0.3) is 0 Å². The van der Waals surface area contributed by atoms with Crippen LogP contribution in [0.1, 0.15) is 5.56 Å². The maximum Gasteiger partial charge on any atom is 0.307 e. The Kier molecular flexibility index (Phi) is 2.40. The Balaban J connectivity index is 2.21. The van der Waals surface area contributed by atoms with E-state index in [9.17, 15) is 4.79 Å². The van der Waals surface area contributed by atoms with Crippen LogP contribution in [0, 0.1) is 0 Å². The summed E-state index contributed by atoms with van der Waals surface area (Å²) >= 11 is 0. The summed E-state index contributed by atoms with van der Waals surface area (Å²) in [6.07, 6.45) is 4.53. The fourth-order valence-corrected chi connectivity index (χ4v) is 1.14. The van der Waals surface area contributed by atoms with Gasteiger partial charge in [-0.05, 0) is 11.6 Å². The number of H-pyrrole nitrogens is 1. The minimum atomic E-state index is -0.895. The number of carboxylic acid groups (broad SMARTS) is 1. The number of carbonyl (C=O) groups is 1. The lowest BCUT2D eigenvalue weighted by Crippen LogP contribution is -2.01. The molecular weight excluding hydrogens is 196 g/mol. The van der Waals surface area contributed by atoms with Crippen LogP contribution < -0.4 is 0 Å². The molecule has 0 unspecified atom stereocenters. The van der Waals surface area contributed by atoms with E-state index in [1.54, 1.807) is 12.3 Å². The molecule has 76 valence electrons. The van der Waals surface area contributed by atoms with Crippen molar-refractivity contribution in [2.75, 3.05) is 0 Å². The van der Waals surface area contributed by atoms with E-state index in [1.807, 2.05) is 0 Å². The van der Waals surface area contributed by atoms with Crippen molar-refractivity contribution in [1.82, 2.24) is 20.2 Å². The van der Waals surface area contributed by atoms with Gasteiger partial charge in [-0.3, -0.25) is 9.89 Å². The third-order valence-corrected chi connectivity index (χ3v) is 1.80. The molecule has 0 amide bonds. The second-order valence-corrected chi connectivity index (χ2v) is 2.96. The van der Waals surface area contributed by atoms with Crippen LogP contribution in [0.15, 0.2) is 24.7 Å². The molecule has 0 bridgehead atoms. The van der Waals surface area contributed by atoms with Crippen LogP contribution in [-0.2, 0) is 11.2 Å². The summed E-state index contributed by atoms with van der Waals surface area (Å²) in [7, 11) is 0. The van der Waals surface area contributed by atoms with E-state index in [2.05, 4.69) is 20.2 Å². The van der Waals surface area contributed by atoms with Gasteiger partial charge in [-0.1, -0.05) is 0 Å². The quantitative estimate of drug-likeness (QED) is 0.759. The van der Waals surface area contributed by atoms with Gasteiger partial charge in [0.05, 0.1) is 6.42 Å². The number of aromatic amines is 1. The minimum absolute atomic E-state index is 0.0662. The predicted octanol–water partition coefficient (Wildman–Crippen LogP) is 0.494. The fraction of sp³-hybridized carbons (Fsp3) is 0.111. The second kappa shape index (κ2) is 3.87. The van der Waals surface area contributed by atoms with Gasteiger partial charge in [0.15, 0.2) is 5.82 Å². The summed E-state index contributed by atoms with van der Waals surface area (Å²) in [5, 5.41) is 15.0. The smallest absolute Gasteiger partial charge is 0.307 e. The molecule has 0 aromatic carbocycles. The highest BCUT2D eigenvalue weighted by atomic mass is 16.4. The van der Waals surface area contributed by atoms with E-state index in [4.69, 9.17) is 5.11 Å². The van der Waals surface area contributed by atoms with Crippen LogP contribution in [0.5, 0.6) is 0 Å². The van der Waals surface area contributed by atoms with Gasteiger partial charge < -0.3 is 5.11 Å². The lowest BCUT2D eigenvalue weighted by molar-refractivity contribution is -0.136. The van der Waals surface area contributed by atoms with Gasteiger partial charge in [0.2, 0.25) is 0 Å². The van der Waals surface area contributed by atoms with Gasteiger partial charge in [-0.25, -0.2) is 9.97 Å². The predicted molar refractivity (Wildman–Crippen MR) is 51.0 cm³/mol. The van der Waals surface area contributed by atoms with Crippen molar-refractivity contribution in [2.24, 2.45) is 0 Å².